The van der Waals surface area contributed by atoms with Gasteiger partial charge in [-0.25, -0.2) is 4.79 Å². The molecule has 1 aromatic carbocycles. The number of anilines is 2. The lowest BCUT2D eigenvalue weighted by Gasteiger charge is -2.21. The predicted octanol–water partition coefficient (Wildman–Crippen LogP) is 3.53. The molecule has 31 heavy (non-hydrogen) atoms. The van der Waals surface area contributed by atoms with E-state index < -0.39 is 17.5 Å². The highest BCUT2D eigenvalue weighted by Crippen LogP contribution is 2.30. The summed E-state index contributed by atoms with van der Waals surface area (Å²) < 4.78 is 8.64. The van der Waals surface area contributed by atoms with Gasteiger partial charge in [-0.15, -0.1) is 0 Å². The van der Waals surface area contributed by atoms with Gasteiger partial charge in [-0.2, -0.15) is 10.1 Å². The molecule has 3 aromatic rings. The Hall–Kier alpha value is -3.33. The summed E-state index contributed by atoms with van der Waals surface area (Å²) in [6.07, 6.45) is 1.35. The fraction of sp³-hybridized carbons (Fsp3) is 0.333. The normalized spacial score (nSPS) is 11.3. The molecule has 0 atom stereocenters. The van der Waals surface area contributed by atoms with Crippen LogP contribution in [0.4, 0.5) is 11.8 Å². The van der Waals surface area contributed by atoms with E-state index in [-0.39, 0.29) is 22.2 Å². The Balaban J connectivity index is 2.16. The van der Waals surface area contributed by atoms with E-state index in [0.29, 0.717) is 11.6 Å². The van der Waals surface area contributed by atoms with Gasteiger partial charge in [-0.05, 0) is 32.9 Å². The van der Waals surface area contributed by atoms with E-state index in [1.165, 1.54) is 10.9 Å². The summed E-state index contributed by atoms with van der Waals surface area (Å²) in [5.74, 6) is -0.651. The van der Waals surface area contributed by atoms with Crippen LogP contribution in [0.25, 0.3) is 5.69 Å². The number of carbonyl (C=O) groups excluding carboxylic acids is 2. The molecule has 0 bridgehead atoms. The lowest BCUT2D eigenvalue weighted by atomic mass is 10.2. The number of aromatic nitrogens is 4. The standard InChI is InChI=1S/C21H25ClN6O3/c1-21(2,3)31-19(30)15-17(24-18(29)14-12-23-27(6)16(14)22)25-20(26(4)5)28(15)13-10-8-7-9-11-13/h7-12H,1-6H3,(H,24,29). The van der Waals surface area contributed by atoms with Crippen molar-refractivity contribution >= 4 is 35.2 Å². The highest BCUT2D eigenvalue weighted by atomic mass is 35.5. The highest BCUT2D eigenvalue weighted by Gasteiger charge is 2.31. The van der Waals surface area contributed by atoms with Gasteiger partial charge >= 0.3 is 5.97 Å². The number of ether oxygens (including phenoxy) is 1. The van der Waals surface area contributed by atoms with Crippen LogP contribution in [0, 0.1) is 0 Å². The summed E-state index contributed by atoms with van der Waals surface area (Å²) >= 11 is 6.16. The first-order chi connectivity index (χ1) is 14.5. The highest BCUT2D eigenvalue weighted by molar-refractivity contribution is 6.33. The largest absolute Gasteiger partial charge is 0.455 e. The average Bonchev–Trinajstić information content (AvgIpc) is 3.22. The maximum absolute atomic E-state index is 13.2. The van der Waals surface area contributed by atoms with E-state index in [2.05, 4.69) is 15.4 Å². The SMILES string of the molecule is CN(C)c1nc(NC(=O)c2cnn(C)c2Cl)c(C(=O)OC(C)(C)C)n1-c1ccccc1. The average molecular weight is 445 g/mol. The molecule has 10 heteroatoms. The molecule has 0 aliphatic carbocycles. The van der Waals surface area contributed by atoms with Crippen molar-refractivity contribution < 1.29 is 14.3 Å². The van der Waals surface area contributed by atoms with Crippen molar-refractivity contribution in [1.82, 2.24) is 19.3 Å². The summed E-state index contributed by atoms with van der Waals surface area (Å²) in [7, 11) is 5.22. The quantitative estimate of drug-likeness (QED) is 0.605. The van der Waals surface area contributed by atoms with Gasteiger partial charge in [0.05, 0.1) is 11.8 Å². The van der Waals surface area contributed by atoms with Gasteiger partial charge in [0, 0.05) is 26.8 Å². The predicted molar refractivity (Wildman–Crippen MR) is 119 cm³/mol. The molecular weight excluding hydrogens is 420 g/mol. The second-order valence-electron chi connectivity index (χ2n) is 8.10. The molecular formula is C21H25ClN6O3. The fourth-order valence-electron chi connectivity index (χ4n) is 2.88. The van der Waals surface area contributed by atoms with Crippen LogP contribution in [-0.4, -0.2) is 50.9 Å². The molecule has 9 nitrogen and oxygen atoms in total. The van der Waals surface area contributed by atoms with Crippen molar-refractivity contribution in [3.05, 3.63) is 52.9 Å². The van der Waals surface area contributed by atoms with E-state index >= 15 is 0 Å². The number of benzene rings is 1. The summed E-state index contributed by atoms with van der Waals surface area (Å²) in [6, 6.07) is 9.25. The Bertz CT molecular complexity index is 1110. The first-order valence-corrected chi connectivity index (χ1v) is 9.95. The summed E-state index contributed by atoms with van der Waals surface area (Å²) in [4.78, 5) is 32.3. The third-order valence-corrected chi connectivity index (χ3v) is 4.66. The van der Waals surface area contributed by atoms with Crippen LogP contribution in [0.15, 0.2) is 36.5 Å². The number of rotatable bonds is 5. The molecule has 2 aromatic heterocycles. The van der Waals surface area contributed by atoms with Gasteiger partial charge < -0.3 is 15.0 Å². The van der Waals surface area contributed by atoms with Crippen LogP contribution in [0.5, 0.6) is 0 Å². The summed E-state index contributed by atoms with van der Waals surface area (Å²) in [5.41, 5.74) is 0.215. The second kappa shape index (κ2) is 8.43. The van der Waals surface area contributed by atoms with E-state index in [9.17, 15) is 9.59 Å². The Morgan fingerprint density at radius 3 is 2.32 bits per heavy atom. The third kappa shape index (κ3) is 4.72. The van der Waals surface area contributed by atoms with Crippen LogP contribution in [0.1, 0.15) is 41.6 Å². The zero-order chi connectivity index (χ0) is 22.9. The van der Waals surface area contributed by atoms with Crippen molar-refractivity contribution in [2.75, 3.05) is 24.3 Å². The van der Waals surface area contributed by atoms with E-state index in [1.54, 1.807) is 51.4 Å². The van der Waals surface area contributed by atoms with Crippen LogP contribution >= 0.6 is 11.6 Å². The maximum atomic E-state index is 13.2. The molecule has 1 amide bonds. The van der Waals surface area contributed by atoms with Gasteiger partial charge in [-0.3, -0.25) is 14.0 Å². The molecule has 0 unspecified atom stereocenters. The lowest BCUT2D eigenvalue weighted by molar-refractivity contribution is 0.00619. The number of imidazole rings is 1. The number of aryl methyl sites for hydroxylation is 1. The first kappa shape index (κ1) is 22.4. The van der Waals surface area contributed by atoms with Crippen LogP contribution in [0.2, 0.25) is 5.15 Å². The minimum Gasteiger partial charge on any atom is -0.455 e. The van der Waals surface area contributed by atoms with E-state index in [1.807, 2.05) is 30.3 Å². The molecule has 0 aliphatic heterocycles. The summed E-state index contributed by atoms with van der Waals surface area (Å²) in [6.45, 7) is 5.32. The van der Waals surface area contributed by atoms with Crippen molar-refractivity contribution in [2.24, 2.45) is 7.05 Å². The Kier molecular flexibility index (Phi) is 6.08. The van der Waals surface area contributed by atoms with Crippen LogP contribution in [0.3, 0.4) is 0 Å². The number of nitrogens with zero attached hydrogens (tertiary/aromatic N) is 5. The molecule has 0 radical (unpaired) electrons. The summed E-state index contributed by atoms with van der Waals surface area (Å²) in [5, 5.41) is 6.85. The molecule has 3 rings (SSSR count). The fourth-order valence-corrected chi connectivity index (χ4v) is 3.06. The lowest BCUT2D eigenvalue weighted by Crippen LogP contribution is -2.27. The molecule has 0 fully saturated rings. The number of hydrogen-bond donors (Lipinski definition) is 1. The van der Waals surface area contributed by atoms with Gasteiger partial charge in [0.1, 0.15) is 10.8 Å². The van der Waals surface area contributed by atoms with Crippen molar-refractivity contribution in [2.45, 2.75) is 26.4 Å². The molecule has 1 N–H and O–H groups in total. The van der Waals surface area contributed by atoms with Crippen LogP contribution in [-0.2, 0) is 11.8 Å². The zero-order valence-corrected chi connectivity index (χ0v) is 19.1. The molecule has 0 spiro atoms. The number of para-hydroxylation sites is 1. The van der Waals surface area contributed by atoms with Gasteiger partial charge in [0.25, 0.3) is 5.91 Å². The number of nitrogens with one attached hydrogen (secondary N) is 1. The minimum absolute atomic E-state index is 0.0618. The molecule has 0 saturated heterocycles. The Morgan fingerprint density at radius 2 is 1.81 bits per heavy atom. The number of halogens is 1. The number of amides is 1. The van der Waals surface area contributed by atoms with E-state index in [0.717, 1.165) is 0 Å². The number of esters is 1. The Labute approximate surface area is 185 Å². The van der Waals surface area contributed by atoms with Crippen molar-refractivity contribution in [3.8, 4) is 5.69 Å². The van der Waals surface area contributed by atoms with Gasteiger partial charge in [-0.1, -0.05) is 29.8 Å². The number of carbonyl (C=O) groups is 2. The molecule has 0 aliphatic rings. The van der Waals surface area contributed by atoms with Crippen LogP contribution < -0.4 is 10.2 Å². The zero-order valence-electron chi connectivity index (χ0n) is 18.3. The first-order valence-electron chi connectivity index (χ1n) is 9.57. The minimum atomic E-state index is -0.741. The van der Waals surface area contributed by atoms with Gasteiger partial charge in [0.15, 0.2) is 11.5 Å². The third-order valence-electron chi connectivity index (χ3n) is 4.21. The maximum Gasteiger partial charge on any atom is 0.359 e. The van der Waals surface area contributed by atoms with E-state index in [4.69, 9.17) is 16.3 Å². The Morgan fingerprint density at radius 1 is 1.16 bits per heavy atom. The second-order valence-corrected chi connectivity index (χ2v) is 8.46. The smallest absolute Gasteiger partial charge is 0.359 e. The molecule has 164 valence electrons. The van der Waals surface area contributed by atoms with Crippen molar-refractivity contribution in [3.63, 3.8) is 0 Å². The van der Waals surface area contributed by atoms with Crippen molar-refractivity contribution in [1.29, 1.82) is 0 Å². The molecule has 0 saturated carbocycles. The topological polar surface area (TPSA) is 94.3 Å². The van der Waals surface area contributed by atoms with Gasteiger partial charge in [0.2, 0.25) is 5.95 Å². The molecule has 2 heterocycles. The monoisotopic (exact) mass is 444 g/mol. The number of hydrogen-bond acceptors (Lipinski definition) is 6.